The van der Waals surface area contributed by atoms with E-state index >= 15 is 0 Å². The summed E-state index contributed by atoms with van der Waals surface area (Å²) in [6.45, 7) is 11.2. The summed E-state index contributed by atoms with van der Waals surface area (Å²) in [6, 6.07) is 6.16. The molecule has 1 unspecified atom stereocenters. The number of carbonyl (C=O) groups is 2. The van der Waals surface area contributed by atoms with Gasteiger partial charge in [0.1, 0.15) is 5.60 Å². The van der Waals surface area contributed by atoms with Crippen molar-refractivity contribution in [2.24, 2.45) is 5.41 Å². The number of ether oxygens (including phenoxy) is 1. The highest BCUT2D eigenvalue weighted by molar-refractivity contribution is 5.87. The number of anilines is 2. The highest BCUT2D eigenvalue weighted by Crippen LogP contribution is 2.24. The quantitative estimate of drug-likeness (QED) is 0.718. The van der Waals surface area contributed by atoms with Gasteiger partial charge in [-0.2, -0.15) is 0 Å². The molecule has 0 heterocycles. The molecular weight excluding hydrogens is 322 g/mol. The number of nitrogens with two attached hydrogens (primary N) is 1. The number of alkyl carbamates (subject to hydrolysis) is 1. The van der Waals surface area contributed by atoms with E-state index in [0.29, 0.717) is 11.4 Å². The van der Waals surface area contributed by atoms with Crippen LogP contribution in [0.3, 0.4) is 0 Å². The van der Waals surface area contributed by atoms with Crippen LogP contribution in [0.4, 0.5) is 21.0 Å². The Morgan fingerprint density at radius 1 is 1.24 bits per heavy atom. The summed E-state index contributed by atoms with van der Waals surface area (Å²) >= 11 is 0. The molecule has 0 aliphatic heterocycles. The van der Waals surface area contributed by atoms with Crippen LogP contribution in [0.5, 0.6) is 0 Å². The SMILES string of the molecule is CC(C)(C)OC(=O)NC(CN(C(=O)O)c1cccc(N)c1)C(C)(C)C. The summed E-state index contributed by atoms with van der Waals surface area (Å²) in [5.41, 5.74) is 5.66. The van der Waals surface area contributed by atoms with Crippen LogP contribution in [0.1, 0.15) is 41.5 Å². The number of hydrogen-bond acceptors (Lipinski definition) is 4. The van der Waals surface area contributed by atoms with E-state index in [1.165, 1.54) is 4.90 Å². The summed E-state index contributed by atoms with van der Waals surface area (Å²) in [4.78, 5) is 25.0. The molecule has 1 aromatic carbocycles. The van der Waals surface area contributed by atoms with E-state index in [1.807, 2.05) is 20.8 Å². The average Bonchev–Trinajstić information content (AvgIpc) is 2.39. The van der Waals surface area contributed by atoms with E-state index < -0.39 is 23.8 Å². The molecule has 0 aliphatic carbocycles. The number of nitrogens with one attached hydrogen (secondary N) is 1. The lowest BCUT2D eigenvalue weighted by molar-refractivity contribution is 0.0466. The fraction of sp³-hybridized carbons (Fsp3) is 0.556. The van der Waals surface area contributed by atoms with Crippen molar-refractivity contribution >= 4 is 23.6 Å². The van der Waals surface area contributed by atoms with Crippen molar-refractivity contribution in [1.82, 2.24) is 5.32 Å². The van der Waals surface area contributed by atoms with Crippen LogP contribution in [0.15, 0.2) is 24.3 Å². The Labute approximate surface area is 149 Å². The minimum absolute atomic E-state index is 0.0710. The number of carbonyl (C=O) groups excluding carboxylic acids is 1. The third kappa shape index (κ3) is 6.91. The lowest BCUT2D eigenvalue weighted by Crippen LogP contribution is -2.53. The highest BCUT2D eigenvalue weighted by Gasteiger charge is 2.32. The number of nitrogens with zero attached hydrogens (tertiary/aromatic N) is 1. The standard InChI is InChI=1S/C18H29N3O4/c1-17(2,3)14(20-15(22)25-18(4,5)6)11-21(16(23)24)13-9-7-8-12(19)10-13/h7-10,14H,11,19H2,1-6H3,(H,20,22)(H,23,24). The van der Waals surface area contributed by atoms with E-state index in [-0.39, 0.29) is 12.0 Å². The van der Waals surface area contributed by atoms with Gasteiger partial charge in [0.05, 0.1) is 12.6 Å². The molecule has 0 aromatic heterocycles. The summed E-state index contributed by atoms with van der Waals surface area (Å²) in [6.07, 6.45) is -1.70. The van der Waals surface area contributed by atoms with Crippen LogP contribution in [0.2, 0.25) is 0 Å². The Morgan fingerprint density at radius 3 is 2.28 bits per heavy atom. The van der Waals surface area contributed by atoms with Gasteiger partial charge in [-0.25, -0.2) is 9.59 Å². The highest BCUT2D eigenvalue weighted by atomic mass is 16.6. The van der Waals surface area contributed by atoms with Gasteiger partial charge < -0.3 is 20.9 Å². The van der Waals surface area contributed by atoms with Crippen LogP contribution in [0, 0.1) is 5.41 Å². The zero-order chi connectivity index (χ0) is 19.4. The second-order valence-corrected chi connectivity index (χ2v) is 8.05. The largest absolute Gasteiger partial charge is 0.465 e. The molecule has 4 N–H and O–H groups in total. The maximum absolute atomic E-state index is 12.1. The molecule has 0 saturated carbocycles. The molecule has 25 heavy (non-hydrogen) atoms. The van der Waals surface area contributed by atoms with Gasteiger partial charge in [-0.3, -0.25) is 4.90 Å². The average molecular weight is 351 g/mol. The lowest BCUT2D eigenvalue weighted by Gasteiger charge is -2.35. The van der Waals surface area contributed by atoms with Gasteiger partial charge in [-0.15, -0.1) is 0 Å². The first-order chi connectivity index (χ1) is 11.3. The molecular formula is C18H29N3O4. The topological polar surface area (TPSA) is 105 Å². The van der Waals surface area contributed by atoms with Crippen molar-refractivity contribution in [2.75, 3.05) is 17.2 Å². The number of carboxylic acid groups (broad SMARTS) is 1. The zero-order valence-corrected chi connectivity index (χ0v) is 15.8. The van der Waals surface area contributed by atoms with Crippen molar-refractivity contribution in [3.8, 4) is 0 Å². The third-order valence-electron chi connectivity index (χ3n) is 3.51. The van der Waals surface area contributed by atoms with Gasteiger partial charge in [-0.1, -0.05) is 26.8 Å². The van der Waals surface area contributed by atoms with Crippen LogP contribution >= 0.6 is 0 Å². The molecule has 7 nitrogen and oxygen atoms in total. The van der Waals surface area contributed by atoms with Crippen molar-refractivity contribution in [1.29, 1.82) is 0 Å². The molecule has 1 aromatic rings. The molecule has 0 radical (unpaired) electrons. The smallest absolute Gasteiger partial charge is 0.411 e. The van der Waals surface area contributed by atoms with E-state index in [9.17, 15) is 14.7 Å². The van der Waals surface area contributed by atoms with Gasteiger partial charge in [0.25, 0.3) is 0 Å². The molecule has 2 amide bonds. The fourth-order valence-corrected chi connectivity index (χ4v) is 2.16. The Balaban J connectivity index is 3.02. The van der Waals surface area contributed by atoms with Gasteiger partial charge in [0.2, 0.25) is 0 Å². The van der Waals surface area contributed by atoms with Crippen LogP contribution in [-0.4, -0.2) is 35.5 Å². The maximum atomic E-state index is 12.1. The molecule has 0 spiro atoms. The maximum Gasteiger partial charge on any atom is 0.411 e. The van der Waals surface area contributed by atoms with Crippen molar-refractivity contribution in [3.05, 3.63) is 24.3 Å². The second kappa shape index (κ2) is 7.63. The van der Waals surface area contributed by atoms with Crippen molar-refractivity contribution < 1.29 is 19.4 Å². The molecule has 1 atom stereocenters. The Kier molecular flexibility index (Phi) is 6.29. The minimum atomic E-state index is -1.12. The van der Waals surface area contributed by atoms with Gasteiger partial charge >= 0.3 is 12.2 Å². The van der Waals surface area contributed by atoms with Gasteiger partial charge in [-0.05, 0) is 44.4 Å². The van der Waals surface area contributed by atoms with Crippen LogP contribution in [0.25, 0.3) is 0 Å². The summed E-state index contributed by atoms with van der Waals surface area (Å²) < 4.78 is 5.29. The van der Waals surface area contributed by atoms with Crippen molar-refractivity contribution in [3.63, 3.8) is 0 Å². The number of benzene rings is 1. The summed E-state index contributed by atoms with van der Waals surface area (Å²) in [5.74, 6) is 0. The lowest BCUT2D eigenvalue weighted by atomic mass is 9.86. The summed E-state index contributed by atoms with van der Waals surface area (Å²) in [5, 5.41) is 12.4. The number of rotatable bonds is 4. The zero-order valence-electron chi connectivity index (χ0n) is 15.8. The molecule has 0 aliphatic rings. The molecule has 0 fully saturated rings. The monoisotopic (exact) mass is 351 g/mol. The Hall–Kier alpha value is -2.44. The van der Waals surface area contributed by atoms with Crippen LogP contribution in [-0.2, 0) is 4.74 Å². The minimum Gasteiger partial charge on any atom is -0.465 e. The normalized spacial score (nSPS) is 13.0. The number of amides is 2. The molecule has 140 valence electrons. The number of hydrogen-bond donors (Lipinski definition) is 3. The predicted octanol–water partition coefficient (Wildman–Crippen LogP) is 3.69. The number of nitrogen functional groups attached to an aromatic ring is 1. The van der Waals surface area contributed by atoms with E-state index in [0.717, 1.165) is 0 Å². The van der Waals surface area contributed by atoms with E-state index in [2.05, 4.69) is 5.32 Å². The molecule has 7 heteroatoms. The van der Waals surface area contributed by atoms with E-state index in [1.54, 1.807) is 45.0 Å². The Bertz CT molecular complexity index is 617. The predicted molar refractivity (Wildman–Crippen MR) is 98.8 cm³/mol. The molecule has 0 saturated heterocycles. The second-order valence-electron chi connectivity index (χ2n) is 8.05. The van der Waals surface area contributed by atoms with Crippen LogP contribution < -0.4 is 16.0 Å². The summed E-state index contributed by atoms with van der Waals surface area (Å²) in [7, 11) is 0. The molecule has 1 rings (SSSR count). The Morgan fingerprint density at radius 2 is 1.84 bits per heavy atom. The molecule has 0 bridgehead atoms. The first-order valence-electron chi connectivity index (χ1n) is 8.15. The third-order valence-corrected chi connectivity index (χ3v) is 3.51. The van der Waals surface area contributed by atoms with E-state index in [4.69, 9.17) is 10.5 Å². The van der Waals surface area contributed by atoms with Gasteiger partial charge in [0.15, 0.2) is 0 Å². The first-order valence-corrected chi connectivity index (χ1v) is 8.15. The first kappa shape index (κ1) is 20.6. The fourth-order valence-electron chi connectivity index (χ4n) is 2.16. The van der Waals surface area contributed by atoms with Gasteiger partial charge in [0, 0.05) is 11.4 Å². The van der Waals surface area contributed by atoms with Crippen molar-refractivity contribution in [2.45, 2.75) is 53.2 Å².